The van der Waals surface area contributed by atoms with E-state index in [4.69, 9.17) is 6.57 Å². The molecule has 3 aromatic rings. The molecule has 0 fully saturated rings. The number of imidazole rings is 1. The molecule has 0 atom stereocenters. The summed E-state index contributed by atoms with van der Waals surface area (Å²) in [4.78, 5) is 7.02. The second kappa shape index (κ2) is 5.61. The van der Waals surface area contributed by atoms with E-state index in [9.17, 15) is 13.2 Å². The highest BCUT2D eigenvalue weighted by molar-refractivity contribution is 5.60. The summed E-state index contributed by atoms with van der Waals surface area (Å²) >= 11 is 0. The lowest BCUT2D eigenvalue weighted by molar-refractivity contribution is -0.140. The second-order valence-electron chi connectivity index (χ2n) is 4.81. The molecule has 0 aliphatic carbocycles. The molecule has 23 heavy (non-hydrogen) atoms. The van der Waals surface area contributed by atoms with Gasteiger partial charge in [0.25, 0.3) is 0 Å². The molecule has 3 rings (SSSR count). The van der Waals surface area contributed by atoms with Gasteiger partial charge >= 0.3 is 6.18 Å². The Labute approximate surface area is 130 Å². The summed E-state index contributed by atoms with van der Waals surface area (Å²) < 4.78 is 40.4. The lowest BCUT2D eigenvalue weighted by Crippen LogP contribution is -2.04. The monoisotopic (exact) mass is 313 g/mol. The summed E-state index contributed by atoms with van der Waals surface area (Å²) in [5.74, 6) is 0.202. The predicted octanol–water partition coefficient (Wildman–Crippen LogP) is 5.11. The van der Waals surface area contributed by atoms with Crippen molar-refractivity contribution in [1.82, 2.24) is 9.55 Å². The van der Waals surface area contributed by atoms with Crippen molar-refractivity contribution in [3.8, 4) is 17.1 Å². The summed E-state index contributed by atoms with van der Waals surface area (Å²) in [6.07, 6.45) is -3.56. The quantitative estimate of drug-likeness (QED) is 0.603. The summed E-state index contributed by atoms with van der Waals surface area (Å²) in [5.41, 5.74) is 0.563. The van der Waals surface area contributed by atoms with Gasteiger partial charge in [-0.25, -0.2) is 9.83 Å². The maximum atomic E-state index is 13.0. The number of alkyl halides is 3. The van der Waals surface area contributed by atoms with Crippen LogP contribution in [0.5, 0.6) is 0 Å². The van der Waals surface area contributed by atoms with Gasteiger partial charge in [-0.15, -0.1) is 0 Å². The average Bonchev–Trinajstić information content (AvgIpc) is 3.01. The van der Waals surface area contributed by atoms with Gasteiger partial charge in [0.2, 0.25) is 0 Å². The molecule has 6 heteroatoms. The van der Waals surface area contributed by atoms with E-state index in [-0.39, 0.29) is 5.82 Å². The Hall–Kier alpha value is -3.07. The number of aromatic nitrogens is 2. The third kappa shape index (κ3) is 2.94. The number of hydrogen-bond donors (Lipinski definition) is 0. The van der Waals surface area contributed by atoms with Crippen LogP contribution < -0.4 is 0 Å². The number of hydrogen-bond acceptors (Lipinski definition) is 1. The van der Waals surface area contributed by atoms with E-state index in [1.807, 2.05) is 0 Å². The van der Waals surface area contributed by atoms with Crippen molar-refractivity contribution < 1.29 is 13.2 Å². The van der Waals surface area contributed by atoms with Gasteiger partial charge < -0.3 is 0 Å². The number of benzene rings is 2. The number of rotatable bonds is 2. The molecule has 0 radical (unpaired) electrons. The van der Waals surface area contributed by atoms with Crippen molar-refractivity contribution in [2.45, 2.75) is 6.18 Å². The van der Waals surface area contributed by atoms with Crippen molar-refractivity contribution in [3.63, 3.8) is 0 Å². The van der Waals surface area contributed by atoms with E-state index >= 15 is 0 Å². The molecule has 114 valence electrons. The Morgan fingerprint density at radius 2 is 1.61 bits per heavy atom. The van der Waals surface area contributed by atoms with Crippen molar-refractivity contribution in [2.24, 2.45) is 0 Å². The maximum Gasteiger partial charge on any atom is 0.434 e. The number of halogens is 3. The van der Waals surface area contributed by atoms with Gasteiger partial charge in [-0.1, -0.05) is 42.5 Å². The second-order valence-corrected chi connectivity index (χ2v) is 4.81. The fraction of sp³-hybridized carbons (Fsp3) is 0.0588. The van der Waals surface area contributed by atoms with Crippen LogP contribution in [0.25, 0.3) is 21.9 Å². The van der Waals surface area contributed by atoms with Crippen LogP contribution in [-0.4, -0.2) is 9.55 Å². The molecule has 0 N–H and O–H groups in total. The lowest BCUT2D eigenvalue weighted by atomic mass is 10.2. The molecule has 0 aliphatic rings. The molecule has 0 saturated heterocycles. The molecule has 0 bridgehead atoms. The topological polar surface area (TPSA) is 22.2 Å². The Balaban J connectivity index is 2.18. The van der Waals surface area contributed by atoms with Gasteiger partial charge in [0.15, 0.2) is 11.4 Å². The predicted molar refractivity (Wildman–Crippen MR) is 80.3 cm³/mol. The van der Waals surface area contributed by atoms with Crippen LogP contribution in [0.15, 0.2) is 60.8 Å². The Bertz CT molecular complexity index is 857. The molecule has 0 unspecified atom stereocenters. The van der Waals surface area contributed by atoms with E-state index in [0.717, 1.165) is 6.20 Å². The van der Waals surface area contributed by atoms with E-state index in [1.54, 1.807) is 54.6 Å². The highest BCUT2D eigenvalue weighted by Gasteiger charge is 2.35. The molecule has 0 spiro atoms. The van der Waals surface area contributed by atoms with Crippen LogP contribution in [-0.2, 0) is 6.18 Å². The third-order valence-electron chi connectivity index (χ3n) is 3.29. The van der Waals surface area contributed by atoms with Gasteiger partial charge in [0.1, 0.15) is 5.82 Å². The zero-order valence-electron chi connectivity index (χ0n) is 11.7. The fourth-order valence-electron chi connectivity index (χ4n) is 2.19. The molecule has 2 aromatic carbocycles. The summed E-state index contributed by atoms with van der Waals surface area (Å²) in [5, 5.41) is 0. The minimum atomic E-state index is -4.52. The van der Waals surface area contributed by atoms with Crippen LogP contribution in [0.4, 0.5) is 18.9 Å². The fourth-order valence-corrected chi connectivity index (χ4v) is 2.19. The van der Waals surface area contributed by atoms with Gasteiger partial charge in [0, 0.05) is 17.4 Å². The van der Waals surface area contributed by atoms with Crippen LogP contribution >= 0.6 is 0 Å². The van der Waals surface area contributed by atoms with E-state index in [0.29, 0.717) is 16.9 Å². The Morgan fingerprint density at radius 3 is 2.17 bits per heavy atom. The SMILES string of the molecule is [C-]#[N+]c1ccc(-n2cc(C(F)(F)F)nc2-c2ccccc2)cc1. The van der Waals surface area contributed by atoms with Crippen molar-refractivity contribution in [2.75, 3.05) is 0 Å². The largest absolute Gasteiger partial charge is 0.434 e. The van der Waals surface area contributed by atoms with Gasteiger partial charge in [0.05, 0.1) is 6.57 Å². The Kier molecular flexibility index (Phi) is 3.62. The summed E-state index contributed by atoms with van der Waals surface area (Å²) in [7, 11) is 0. The zero-order chi connectivity index (χ0) is 16.4. The molecule has 0 amide bonds. The minimum absolute atomic E-state index is 0.202. The van der Waals surface area contributed by atoms with E-state index < -0.39 is 11.9 Å². The first-order valence-corrected chi connectivity index (χ1v) is 6.69. The van der Waals surface area contributed by atoms with Gasteiger partial charge in [-0.3, -0.25) is 4.57 Å². The molecular formula is C17H10F3N3. The van der Waals surface area contributed by atoms with Crippen LogP contribution in [0.3, 0.4) is 0 Å². The lowest BCUT2D eigenvalue weighted by Gasteiger charge is -2.07. The Morgan fingerprint density at radius 1 is 0.957 bits per heavy atom. The average molecular weight is 313 g/mol. The third-order valence-corrected chi connectivity index (χ3v) is 3.29. The normalized spacial score (nSPS) is 11.2. The molecule has 0 aliphatic heterocycles. The molecular weight excluding hydrogens is 303 g/mol. The van der Waals surface area contributed by atoms with Gasteiger partial charge in [-0.2, -0.15) is 13.2 Å². The molecule has 1 heterocycles. The van der Waals surface area contributed by atoms with E-state index in [2.05, 4.69) is 9.83 Å². The minimum Gasteiger partial charge on any atom is -0.299 e. The van der Waals surface area contributed by atoms with Crippen molar-refractivity contribution in [3.05, 3.63) is 77.9 Å². The summed E-state index contributed by atoms with van der Waals surface area (Å²) in [6, 6.07) is 15.0. The molecule has 1 aromatic heterocycles. The first kappa shape index (κ1) is 14.9. The highest BCUT2D eigenvalue weighted by atomic mass is 19.4. The smallest absolute Gasteiger partial charge is 0.299 e. The maximum absolute atomic E-state index is 13.0. The van der Waals surface area contributed by atoms with Gasteiger partial charge in [-0.05, 0) is 12.1 Å². The van der Waals surface area contributed by atoms with Crippen LogP contribution in [0, 0.1) is 6.57 Å². The van der Waals surface area contributed by atoms with Crippen molar-refractivity contribution in [1.29, 1.82) is 0 Å². The molecule has 3 nitrogen and oxygen atoms in total. The molecule has 0 saturated carbocycles. The van der Waals surface area contributed by atoms with Crippen LogP contribution in [0.1, 0.15) is 5.69 Å². The van der Waals surface area contributed by atoms with Crippen molar-refractivity contribution >= 4 is 5.69 Å². The first-order valence-electron chi connectivity index (χ1n) is 6.69. The standard InChI is InChI=1S/C17H10F3N3/c1-21-13-7-9-14(10-8-13)23-11-15(17(18,19)20)22-16(23)12-5-3-2-4-6-12/h2-11H. The highest BCUT2D eigenvalue weighted by Crippen LogP contribution is 2.32. The zero-order valence-corrected chi connectivity index (χ0v) is 11.7. The van der Waals surface area contributed by atoms with E-state index in [1.165, 1.54) is 4.57 Å². The first-order chi connectivity index (χ1) is 11.0. The summed E-state index contributed by atoms with van der Waals surface area (Å²) in [6.45, 7) is 6.94. The van der Waals surface area contributed by atoms with Crippen LogP contribution in [0.2, 0.25) is 0 Å². The number of nitrogens with zero attached hydrogens (tertiary/aromatic N) is 3.